The third-order valence-corrected chi connectivity index (χ3v) is 1.50. The quantitative estimate of drug-likeness (QED) is 0.277. The van der Waals surface area contributed by atoms with Gasteiger partial charge in [-0.25, -0.2) is 0 Å². The fourth-order valence-corrected chi connectivity index (χ4v) is 1.06. The molecule has 2 aliphatic rings. The van der Waals surface area contributed by atoms with Crippen LogP contribution in [0.15, 0.2) is 0 Å². The van der Waals surface area contributed by atoms with Crippen LogP contribution >= 0.6 is 0 Å². The summed E-state index contributed by atoms with van der Waals surface area (Å²) in [6.07, 6.45) is 0. The van der Waals surface area contributed by atoms with Gasteiger partial charge in [0.25, 0.3) is 0 Å². The van der Waals surface area contributed by atoms with E-state index in [0.717, 1.165) is 0 Å². The van der Waals surface area contributed by atoms with Crippen molar-refractivity contribution in [1.29, 1.82) is 0 Å². The van der Waals surface area contributed by atoms with Gasteiger partial charge in [0.2, 0.25) is 0 Å². The van der Waals surface area contributed by atoms with Crippen molar-refractivity contribution in [2.24, 2.45) is 0 Å². The van der Waals surface area contributed by atoms with E-state index in [4.69, 9.17) is 10.0 Å². The predicted molar refractivity (Wildman–Crippen MR) is 73.4 cm³/mol. The molecule has 0 aromatic heterocycles. The number of rotatable bonds is 0. The fraction of sp³-hybridized carbons (Fsp3) is 0. The van der Waals surface area contributed by atoms with Crippen molar-refractivity contribution in [3.63, 3.8) is 0 Å². The van der Waals surface area contributed by atoms with Gasteiger partial charge in [0.15, 0.2) is 0 Å². The zero-order valence-electron chi connectivity index (χ0n) is 12.1. The van der Waals surface area contributed by atoms with Crippen LogP contribution in [0, 0.1) is 0 Å². The van der Waals surface area contributed by atoms with Crippen LogP contribution in [0.4, 0.5) is 0 Å². The first-order valence-corrected chi connectivity index (χ1v) is 3.39. The molecule has 2 bridgehead atoms. The molecule has 24 heavy (non-hydrogen) atoms. The van der Waals surface area contributed by atoms with Gasteiger partial charge in [0, 0.05) is 0 Å². The van der Waals surface area contributed by atoms with Crippen LogP contribution in [-0.2, 0) is 22.9 Å². The van der Waals surface area contributed by atoms with Crippen LogP contribution < -0.4 is 59.1 Å². The molecule has 0 radical (unpaired) electrons. The summed E-state index contributed by atoms with van der Waals surface area (Å²) in [5.74, 6) is 0. The summed E-state index contributed by atoms with van der Waals surface area (Å²) >= 11 is 0. The summed E-state index contributed by atoms with van der Waals surface area (Å²) in [6.45, 7) is -6.90. The van der Waals surface area contributed by atoms with Gasteiger partial charge >= 0.3 is 117 Å². The van der Waals surface area contributed by atoms with Gasteiger partial charge in [0.1, 0.15) is 0 Å². The molecule has 2 fully saturated rings. The summed E-state index contributed by atoms with van der Waals surface area (Å²) in [7, 11) is -3.92. The molecule has 2 saturated heterocycles. The Hall–Kier alpha value is 2.58. The zero-order valence-corrected chi connectivity index (χ0v) is 16.1. The molecule has 0 aromatic carbocycles. The topological polar surface area (TPSA) is 379 Å². The molecule has 0 aliphatic carbocycles. The molecular weight excluding hydrogens is 384 g/mol. The molecule has 0 spiro atoms. The minimum absolute atomic E-state index is 0. The van der Waals surface area contributed by atoms with Crippen LogP contribution in [0.5, 0.6) is 0 Å². The molecule has 2 aliphatic heterocycles. The van der Waals surface area contributed by atoms with E-state index in [0.29, 0.717) is 0 Å². The monoisotopic (exact) mass is 406 g/mol. The predicted octanol–water partition coefficient (Wildman–Crippen LogP) is -17.3. The van der Waals surface area contributed by atoms with E-state index in [2.05, 4.69) is 22.9 Å². The average Bonchev–Trinajstić information content (AvgIpc) is 1.75. The molecule has 0 saturated carbocycles. The Morgan fingerprint density at radius 3 is 0.875 bits per heavy atom. The fourth-order valence-electron chi connectivity index (χ4n) is 1.06. The molecular formula is H21B4Na3O17. The molecule has 138 valence electrons. The SMILES string of the molecule is O.O.O.O.O.O.O.O.OB1O[B-]2(O)OB(O)O[B-](O)(O1)O2.[Na+].[Na+].[NaH]. The standard InChI is InChI=1S/B4H4O9.3Na.8H2O.H/c5-1-9-3(7)11-2(6)12-4(8,10-1)13-3;;;;;;;;;;;;/h5-8H;;;;8*1H2;/q-2;;2*+1;;;;;;;;;. The molecule has 2 rings (SSSR count). The van der Waals surface area contributed by atoms with Gasteiger partial charge in [0.05, 0.1) is 0 Å². The molecule has 20 N–H and O–H groups in total. The van der Waals surface area contributed by atoms with E-state index in [1.165, 1.54) is 0 Å². The second kappa shape index (κ2) is 23.6. The van der Waals surface area contributed by atoms with E-state index in [9.17, 15) is 10.0 Å². The van der Waals surface area contributed by atoms with Crippen molar-refractivity contribution < 1.29 is 146 Å². The maximum absolute atomic E-state index is 9.18. The Morgan fingerprint density at radius 1 is 0.542 bits per heavy atom. The number of hydrogen-bond acceptors (Lipinski definition) is 9. The summed E-state index contributed by atoms with van der Waals surface area (Å²) in [6, 6.07) is 0. The second-order valence-corrected chi connectivity index (χ2v) is 2.50. The van der Waals surface area contributed by atoms with Crippen LogP contribution in [0.25, 0.3) is 0 Å². The summed E-state index contributed by atoms with van der Waals surface area (Å²) in [4.78, 5) is 0. The number of fused-ring (bicyclic) bond motifs is 2. The van der Waals surface area contributed by atoms with E-state index >= 15 is 0 Å². The molecule has 0 amide bonds. The third-order valence-electron chi connectivity index (χ3n) is 1.50. The van der Waals surface area contributed by atoms with Crippen LogP contribution in [0.1, 0.15) is 0 Å². The Kier molecular flexibility index (Phi) is 62.3. The van der Waals surface area contributed by atoms with E-state index in [-0.39, 0.29) is 132 Å². The first-order chi connectivity index (χ1) is 5.91. The van der Waals surface area contributed by atoms with E-state index in [1.54, 1.807) is 0 Å². The normalized spacial score (nSPS) is 24.5. The van der Waals surface area contributed by atoms with Crippen LogP contribution in [0.3, 0.4) is 0 Å². The van der Waals surface area contributed by atoms with Gasteiger partial charge in [-0.2, -0.15) is 0 Å². The van der Waals surface area contributed by atoms with Crippen molar-refractivity contribution in [2.45, 2.75) is 0 Å². The van der Waals surface area contributed by atoms with Crippen LogP contribution in [-0.4, -0.2) is 122 Å². The van der Waals surface area contributed by atoms with Crippen LogP contribution in [0.2, 0.25) is 0 Å². The van der Waals surface area contributed by atoms with Crippen molar-refractivity contribution >= 4 is 58.1 Å². The Labute approximate surface area is 202 Å². The Balaban J connectivity index is -0.0000000223. The minimum atomic E-state index is -3.45. The summed E-state index contributed by atoms with van der Waals surface area (Å²) in [5, 5.41) is 35.9. The number of hydrogen-bond donors (Lipinski definition) is 4. The van der Waals surface area contributed by atoms with Crippen molar-refractivity contribution in [3.05, 3.63) is 0 Å². The van der Waals surface area contributed by atoms with Gasteiger partial charge in [-0.05, 0) is 0 Å². The Morgan fingerprint density at radius 2 is 0.708 bits per heavy atom. The average molecular weight is 405 g/mol. The van der Waals surface area contributed by atoms with E-state index < -0.39 is 28.6 Å². The summed E-state index contributed by atoms with van der Waals surface area (Å²) < 4.78 is 21.1. The molecule has 0 unspecified atom stereocenters. The molecule has 0 aromatic rings. The molecule has 2 heterocycles. The maximum atomic E-state index is 9.18. The van der Waals surface area contributed by atoms with Gasteiger partial charge in [-0.15, -0.1) is 0 Å². The third kappa shape index (κ3) is 16.7. The first kappa shape index (κ1) is 63.3. The van der Waals surface area contributed by atoms with Crippen molar-refractivity contribution in [1.82, 2.24) is 0 Å². The van der Waals surface area contributed by atoms with Crippen molar-refractivity contribution in [2.75, 3.05) is 0 Å². The van der Waals surface area contributed by atoms with Gasteiger partial charge < -0.3 is 86.8 Å². The summed E-state index contributed by atoms with van der Waals surface area (Å²) in [5.41, 5.74) is 0. The van der Waals surface area contributed by atoms with Gasteiger partial charge in [-0.1, -0.05) is 0 Å². The first-order valence-electron chi connectivity index (χ1n) is 3.39. The van der Waals surface area contributed by atoms with Crippen molar-refractivity contribution in [3.8, 4) is 0 Å². The Bertz CT molecular complexity index is 198. The van der Waals surface area contributed by atoms with E-state index in [1.807, 2.05) is 0 Å². The van der Waals surface area contributed by atoms with Gasteiger partial charge in [-0.3, -0.25) is 0 Å². The molecule has 17 nitrogen and oxygen atoms in total. The zero-order chi connectivity index (χ0) is 9.69. The molecule has 24 heteroatoms. The molecule has 0 atom stereocenters. The second-order valence-electron chi connectivity index (χ2n) is 2.50.